The number of hydrogen-bond donors (Lipinski definition) is 3. The van der Waals surface area contributed by atoms with Gasteiger partial charge in [-0.15, -0.1) is 5.10 Å². The molecule has 0 aliphatic carbocycles. The van der Waals surface area contributed by atoms with Crippen molar-refractivity contribution < 1.29 is 37.1 Å². The van der Waals surface area contributed by atoms with Crippen molar-refractivity contribution in [3.05, 3.63) is 48.0 Å². The first-order chi connectivity index (χ1) is 18.4. The van der Waals surface area contributed by atoms with Gasteiger partial charge in [-0.3, -0.25) is 14.5 Å². The van der Waals surface area contributed by atoms with E-state index in [1.165, 1.54) is 29.2 Å². The molecule has 3 aromatic heterocycles. The predicted molar refractivity (Wildman–Crippen MR) is 129 cm³/mol. The van der Waals surface area contributed by atoms with Gasteiger partial charge in [0.05, 0.1) is 18.5 Å². The van der Waals surface area contributed by atoms with E-state index in [-0.39, 0.29) is 36.3 Å². The number of rotatable bonds is 5. The van der Waals surface area contributed by atoms with Gasteiger partial charge in [0, 0.05) is 35.8 Å². The van der Waals surface area contributed by atoms with Gasteiger partial charge in [0.1, 0.15) is 0 Å². The molecule has 16 heteroatoms. The van der Waals surface area contributed by atoms with E-state index in [2.05, 4.69) is 25.5 Å². The van der Waals surface area contributed by atoms with Gasteiger partial charge in [0.25, 0.3) is 11.8 Å². The molecule has 1 fully saturated rings. The Balaban J connectivity index is 1.37. The Kier molecular flexibility index (Phi) is 6.22. The first-order valence-corrected chi connectivity index (χ1v) is 11.5. The monoisotopic (exact) mass is 546 g/mol. The lowest BCUT2D eigenvalue weighted by Crippen LogP contribution is -2.61. The van der Waals surface area contributed by atoms with Crippen molar-refractivity contribution in [1.82, 2.24) is 24.9 Å². The van der Waals surface area contributed by atoms with Crippen molar-refractivity contribution in [2.45, 2.75) is 31.7 Å². The van der Waals surface area contributed by atoms with Gasteiger partial charge in [-0.25, -0.2) is 14.6 Å². The number of nitrogens with one attached hydrogen (secondary N) is 1. The molecule has 1 aliphatic rings. The molecule has 4 aromatic rings. The van der Waals surface area contributed by atoms with Crippen LogP contribution in [0.3, 0.4) is 0 Å². The van der Waals surface area contributed by atoms with Crippen molar-refractivity contribution in [3.8, 4) is 5.82 Å². The van der Waals surface area contributed by atoms with Gasteiger partial charge in [-0.1, -0.05) is 5.16 Å². The zero-order chi connectivity index (χ0) is 28.1. The summed E-state index contributed by atoms with van der Waals surface area (Å²) in [5, 5.41) is 22.0. The third-order valence-electron chi connectivity index (χ3n) is 6.08. The van der Waals surface area contributed by atoms with Crippen LogP contribution in [0.5, 0.6) is 0 Å². The van der Waals surface area contributed by atoms with E-state index >= 15 is 0 Å². The van der Waals surface area contributed by atoms with Crippen LogP contribution < -0.4 is 16.0 Å². The second-order valence-corrected chi connectivity index (χ2v) is 8.91. The number of benzene rings is 1. The number of morpholine rings is 1. The molecule has 5 rings (SSSR count). The molecule has 2 unspecified atom stereocenters. The first kappa shape index (κ1) is 26.1. The van der Waals surface area contributed by atoms with Crippen LogP contribution in [0.1, 0.15) is 18.4 Å². The van der Waals surface area contributed by atoms with Crippen molar-refractivity contribution in [3.63, 3.8) is 0 Å². The van der Waals surface area contributed by atoms with Crippen LogP contribution in [-0.4, -0.2) is 66.7 Å². The highest BCUT2D eigenvalue weighted by Crippen LogP contribution is 2.29. The summed E-state index contributed by atoms with van der Waals surface area (Å²) in [5.41, 5.74) is 4.30. The molecule has 0 spiro atoms. The SMILES string of the molecule is Cc1cc(N2CCOC(C(C)(O)C(=O)Nc3ccc4c(N)noc4c3)C2=O)nn1-c1ccnc(C(F)(F)F)n1. The Hall–Kier alpha value is -4.57. The Morgan fingerprint density at radius 1 is 1.23 bits per heavy atom. The number of aliphatic hydroxyl groups is 1. The largest absolute Gasteiger partial charge is 0.451 e. The number of ether oxygens (including phenoxy) is 1. The normalized spacial score (nSPS) is 17.8. The fraction of sp³-hybridized carbons (Fsp3) is 0.304. The average Bonchev–Trinajstić information content (AvgIpc) is 3.45. The number of hydrogen-bond acceptors (Lipinski definition) is 10. The van der Waals surface area contributed by atoms with E-state index in [1.807, 2.05) is 0 Å². The molecule has 2 atom stereocenters. The second kappa shape index (κ2) is 9.32. The molecule has 13 nitrogen and oxygen atoms in total. The third-order valence-corrected chi connectivity index (χ3v) is 6.08. The molecular formula is C23H21F3N8O5. The summed E-state index contributed by atoms with van der Waals surface area (Å²) in [5.74, 6) is -2.96. The number of nitrogens with two attached hydrogens (primary N) is 1. The zero-order valence-corrected chi connectivity index (χ0v) is 20.4. The van der Waals surface area contributed by atoms with Gasteiger partial charge >= 0.3 is 6.18 Å². The zero-order valence-electron chi connectivity index (χ0n) is 20.4. The van der Waals surface area contributed by atoms with Crippen LogP contribution in [0.2, 0.25) is 0 Å². The van der Waals surface area contributed by atoms with Gasteiger partial charge in [-0.2, -0.15) is 13.2 Å². The highest BCUT2D eigenvalue weighted by atomic mass is 19.4. The van der Waals surface area contributed by atoms with E-state index in [0.29, 0.717) is 16.7 Å². The van der Waals surface area contributed by atoms with Crippen molar-refractivity contribution in [2.75, 3.05) is 29.1 Å². The van der Waals surface area contributed by atoms with Crippen molar-refractivity contribution in [2.24, 2.45) is 0 Å². The maximum atomic E-state index is 13.3. The van der Waals surface area contributed by atoms with Crippen molar-refractivity contribution >= 4 is 40.1 Å². The van der Waals surface area contributed by atoms with Crippen LogP contribution in [-0.2, 0) is 20.5 Å². The topological polar surface area (TPSA) is 175 Å². The maximum Gasteiger partial charge on any atom is 0.451 e. The number of fused-ring (bicyclic) bond motifs is 1. The number of carbonyl (C=O) groups excluding carboxylic acids is 2. The number of nitrogen functional groups attached to an aromatic ring is 1. The minimum absolute atomic E-state index is 0.0185. The molecule has 4 heterocycles. The maximum absolute atomic E-state index is 13.3. The van der Waals surface area contributed by atoms with Gasteiger partial charge in [0.2, 0.25) is 5.82 Å². The van der Waals surface area contributed by atoms with E-state index < -0.39 is 35.5 Å². The Morgan fingerprint density at radius 3 is 2.74 bits per heavy atom. The minimum atomic E-state index is -4.76. The number of aromatic nitrogens is 5. The van der Waals surface area contributed by atoms with Gasteiger partial charge in [-0.05, 0) is 26.0 Å². The number of carbonyl (C=O) groups is 2. The number of anilines is 3. The molecule has 0 saturated carbocycles. The summed E-state index contributed by atoms with van der Waals surface area (Å²) in [6, 6.07) is 7.25. The fourth-order valence-corrected chi connectivity index (χ4v) is 4.05. The molecule has 1 saturated heterocycles. The Bertz CT molecular complexity index is 1580. The lowest BCUT2D eigenvalue weighted by atomic mass is 9.95. The van der Waals surface area contributed by atoms with Crippen LogP contribution in [0.15, 0.2) is 41.1 Å². The molecule has 2 amide bonds. The van der Waals surface area contributed by atoms with E-state index in [0.717, 1.165) is 17.8 Å². The molecule has 204 valence electrons. The number of nitrogens with zero attached hydrogens (tertiary/aromatic N) is 6. The Labute approximate surface area is 217 Å². The number of amides is 2. The smallest absolute Gasteiger partial charge is 0.380 e. The summed E-state index contributed by atoms with van der Waals surface area (Å²) >= 11 is 0. The average molecular weight is 546 g/mol. The van der Waals surface area contributed by atoms with Gasteiger partial charge in [0.15, 0.2) is 34.7 Å². The number of halogens is 3. The summed E-state index contributed by atoms with van der Waals surface area (Å²) < 4.78 is 50.9. The summed E-state index contributed by atoms with van der Waals surface area (Å²) in [6.07, 6.45) is -5.42. The molecule has 4 N–H and O–H groups in total. The molecule has 1 aromatic carbocycles. The van der Waals surface area contributed by atoms with E-state index in [4.69, 9.17) is 15.0 Å². The Morgan fingerprint density at radius 2 is 2.00 bits per heavy atom. The highest BCUT2D eigenvalue weighted by molar-refractivity contribution is 6.06. The molecule has 0 bridgehead atoms. The summed E-state index contributed by atoms with van der Waals surface area (Å²) in [6.45, 7) is 2.66. The summed E-state index contributed by atoms with van der Waals surface area (Å²) in [7, 11) is 0. The van der Waals surface area contributed by atoms with Crippen LogP contribution in [0.25, 0.3) is 16.8 Å². The number of aryl methyl sites for hydroxylation is 1. The summed E-state index contributed by atoms with van der Waals surface area (Å²) in [4.78, 5) is 34.3. The molecule has 39 heavy (non-hydrogen) atoms. The second-order valence-electron chi connectivity index (χ2n) is 8.91. The van der Waals surface area contributed by atoms with E-state index in [1.54, 1.807) is 13.0 Å². The fourth-order valence-electron chi connectivity index (χ4n) is 4.05. The standard InChI is InChI=1S/C23H21F3N8O5/c1-11-9-16(31-34(11)15-5-6-28-20(30-15)23(24,25)26)33-7-8-38-17(19(33)35)22(2,37)21(36)29-12-3-4-13-14(10-12)39-32-18(13)27/h3-6,9-10,17,37H,7-8H2,1-2H3,(H2,27,32)(H,29,36). The predicted octanol–water partition coefficient (Wildman–Crippen LogP) is 1.83. The van der Waals surface area contributed by atoms with E-state index in [9.17, 15) is 27.9 Å². The molecular weight excluding hydrogens is 525 g/mol. The quantitative estimate of drug-likeness (QED) is 0.335. The van der Waals surface area contributed by atoms with Crippen LogP contribution >= 0.6 is 0 Å². The number of alkyl halides is 3. The third kappa shape index (κ3) is 4.74. The van der Waals surface area contributed by atoms with Crippen LogP contribution in [0.4, 0.5) is 30.5 Å². The molecule has 0 radical (unpaired) electrons. The van der Waals surface area contributed by atoms with Gasteiger partial charge < -0.3 is 25.4 Å². The lowest BCUT2D eigenvalue weighted by Gasteiger charge is -2.37. The van der Waals surface area contributed by atoms with Crippen LogP contribution in [0, 0.1) is 6.92 Å². The first-order valence-electron chi connectivity index (χ1n) is 11.5. The minimum Gasteiger partial charge on any atom is -0.380 e. The lowest BCUT2D eigenvalue weighted by molar-refractivity contribution is -0.165. The van der Waals surface area contributed by atoms with Crippen molar-refractivity contribution in [1.29, 1.82) is 0 Å². The highest BCUT2D eigenvalue weighted by Gasteiger charge is 2.49. The molecule has 1 aliphatic heterocycles.